The highest BCUT2D eigenvalue weighted by Crippen LogP contribution is 2.30. The van der Waals surface area contributed by atoms with E-state index < -0.39 is 6.09 Å². The molecule has 0 saturated heterocycles. The zero-order valence-corrected chi connectivity index (χ0v) is 15.4. The average molecular weight is 381 g/mol. The van der Waals surface area contributed by atoms with Gasteiger partial charge in [-0.15, -0.1) is 0 Å². The van der Waals surface area contributed by atoms with Crippen LogP contribution >= 0.6 is 0 Å². The van der Waals surface area contributed by atoms with E-state index in [1.165, 1.54) is 0 Å². The largest absolute Gasteiger partial charge is 0.508 e. The number of benzene rings is 1. The maximum Gasteiger partial charge on any atom is 0.412 e. The van der Waals surface area contributed by atoms with E-state index in [1.807, 2.05) is 0 Å². The van der Waals surface area contributed by atoms with Gasteiger partial charge in [0.05, 0.1) is 17.3 Å². The van der Waals surface area contributed by atoms with Crippen LogP contribution in [0.1, 0.15) is 25.7 Å². The number of rotatable bonds is 4. The summed E-state index contributed by atoms with van der Waals surface area (Å²) in [6.45, 7) is 0.579. The van der Waals surface area contributed by atoms with E-state index in [2.05, 4.69) is 20.5 Å². The summed E-state index contributed by atoms with van der Waals surface area (Å²) in [5.74, 6) is 0.988. The van der Waals surface area contributed by atoms with Crippen molar-refractivity contribution in [1.82, 2.24) is 20.5 Å². The number of carbonyl (C=O) groups excluding carboxylic acids is 1. The van der Waals surface area contributed by atoms with Gasteiger partial charge in [0.15, 0.2) is 5.65 Å². The summed E-state index contributed by atoms with van der Waals surface area (Å²) in [5.41, 5.74) is 7.85. The smallest absolute Gasteiger partial charge is 0.412 e. The van der Waals surface area contributed by atoms with E-state index in [9.17, 15) is 9.90 Å². The highest BCUT2D eigenvalue weighted by Gasteiger charge is 2.20. The van der Waals surface area contributed by atoms with Crippen molar-refractivity contribution in [3.63, 3.8) is 0 Å². The van der Waals surface area contributed by atoms with Gasteiger partial charge >= 0.3 is 6.09 Å². The lowest BCUT2D eigenvalue weighted by Crippen LogP contribution is -2.35. The van der Waals surface area contributed by atoms with Gasteiger partial charge in [-0.05, 0) is 55.9 Å². The zero-order valence-electron chi connectivity index (χ0n) is 15.4. The quantitative estimate of drug-likeness (QED) is 0.550. The molecule has 3 aromatic rings. The van der Waals surface area contributed by atoms with E-state index >= 15 is 0 Å². The van der Waals surface area contributed by atoms with Gasteiger partial charge < -0.3 is 20.9 Å². The lowest BCUT2D eigenvalue weighted by Gasteiger charge is -2.25. The Morgan fingerprint density at radius 2 is 2.00 bits per heavy atom. The summed E-state index contributed by atoms with van der Waals surface area (Å²) in [5, 5.41) is 19.8. The maximum atomic E-state index is 12.3. The van der Waals surface area contributed by atoms with Crippen molar-refractivity contribution in [3.05, 3.63) is 36.5 Å². The van der Waals surface area contributed by atoms with E-state index in [-0.39, 0.29) is 11.8 Å². The molecule has 146 valence electrons. The molecule has 2 aromatic heterocycles. The van der Waals surface area contributed by atoms with Gasteiger partial charge in [-0.25, -0.2) is 9.78 Å². The van der Waals surface area contributed by atoms with Crippen molar-refractivity contribution >= 4 is 17.1 Å². The Morgan fingerprint density at radius 3 is 2.75 bits per heavy atom. The molecule has 1 aliphatic carbocycles. The van der Waals surface area contributed by atoms with Crippen LogP contribution < -0.4 is 15.8 Å². The molecule has 5 N–H and O–H groups in total. The number of hydrogen-bond donors (Lipinski definition) is 4. The number of ether oxygens (including phenoxy) is 1. The highest BCUT2D eigenvalue weighted by atomic mass is 16.6. The monoisotopic (exact) mass is 381 g/mol. The van der Waals surface area contributed by atoms with Crippen molar-refractivity contribution in [2.75, 3.05) is 6.54 Å². The van der Waals surface area contributed by atoms with E-state index in [1.54, 1.807) is 36.5 Å². The number of carbonyl (C=O) groups is 1. The molecule has 0 aliphatic heterocycles. The van der Waals surface area contributed by atoms with E-state index in [0.29, 0.717) is 34.9 Å². The first-order valence-electron chi connectivity index (χ1n) is 9.43. The molecule has 0 atom stereocenters. The van der Waals surface area contributed by atoms with Gasteiger partial charge in [-0.1, -0.05) is 0 Å². The van der Waals surface area contributed by atoms with Crippen molar-refractivity contribution in [2.24, 2.45) is 11.7 Å². The number of pyridine rings is 1. The molecule has 0 radical (unpaired) electrons. The Bertz CT molecular complexity index is 962. The van der Waals surface area contributed by atoms with Crippen molar-refractivity contribution in [1.29, 1.82) is 0 Å². The van der Waals surface area contributed by atoms with E-state index in [4.69, 9.17) is 10.5 Å². The minimum atomic E-state index is -0.500. The number of phenols is 1. The summed E-state index contributed by atoms with van der Waals surface area (Å²) >= 11 is 0. The molecule has 28 heavy (non-hydrogen) atoms. The van der Waals surface area contributed by atoms with Crippen LogP contribution in [0.3, 0.4) is 0 Å². The minimum absolute atomic E-state index is 0.172. The van der Waals surface area contributed by atoms with Crippen molar-refractivity contribution in [3.8, 4) is 22.8 Å². The Kier molecular flexibility index (Phi) is 5.12. The number of nitrogens with two attached hydrogens (primary N) is 1. The topological polar surface area (TPSA) is 126 Å². The number of amides is 1. The first kappa shape index (κ1) is 18.2. The zero-order chi connectivity index (χ0) is 19.5. The fourth-order valence-corrected chi connectivity index (χ4v) is 3.52. The number of aromatic amines is 1. The van der Waals surface area contributed by atoms with Gasteiger partial charge in [0.1, 0.15) is 11.5 Å². The van der Waals surface area contributed by atoms with E-state index in [0.717, 1.165) is 31.2 Å². The molecule has 8 heteroatoms. The van der Waals surface area contributed by atoms with Crippen LogP contribution in [0.5, 0.6) is 11.5 Å². The number of aromatic nitrogens is 3. The summed E-state index contributed by atoms with van der Waals surface area (Å²) in [7, 11) is 0. The van der Waals surface area contributed by atoms with Crippen LogP contribution in [0.25, 0.3) is 22.3 Å². The normalized spacial score (nSPS) is 19.5. The molecular weight excluding hydrogens is 358 g/mol. The third-order valence-electron chi connectivity index (χ3n) is 5.18. The van der Waals surface area contributed by atoms with Crippen LogP contribution in [-0.4, -0.2) is 39.0 Å². The maximum absolute atomic E-state index is 12.3. The van der Waals surface area contributed by atoms with Crippen LogP contribution in [-0.2, 0) is 0 Å². The molecule has 1 amide bonds. The molecule has 1 saturated carbocycles. The molecule has 8 nitrogen and oxygen atoms in total. The molecule has 2 heterocycles. The molecule has 1 aromatic carbocycles. The summed E-state index contributed by atoms with van der Waals surface area (Å²) in [4.78, 5) is 16.8. The lowest BCUT2D eigenvalue weighted by atomic mass is 9.86. The number of aromatic hydroxyl groups is 1. The van der Waals surface area contributed by atoms with Crippen molar-refractivity contribution in [2.45, 2.75) is 31.7 Å². The average Bonchev–Trinajstić information content (AvgIpc) is 3.17. The van der Waals surface area contributed by atoms with Crippen LogP contribution in [0.15, 0.2) is 36.5 Å². The van der Waals surface area contributed by atoms with Crippen LogP contribution in [0.2, 0.25) is 0 Å². The summed E-state index contributed by atoms with van der Waals surface area (Å²) in [6, 6.07) is 8.64. The Labute approximate surface area is 162 Å². The van der Waals surface area contributed by atoms with Gasteiger partial charge in [-0.2, -0.15) is 5.10 Å². The van der Waals surface area contributed by atoms with Crippen molar-refractivity contribution < 1.29 is 14.6 Å². The fraction of sp³-hybridized carbons (Fsp3) is 0.350. The first-order chi connectivity index (χ1) is 13.6. The number of phenolic OH excluding ortho intramolecular Hbond substituents is 1. The third kappa shape index (κ3) is 4.07. The predicted molar refractivity (Wildman–Crippen MR) is 105 cm³/mol. The van der Waals surface area contributed by atoms with Crippen LogP contribution in [0, 0.1) is 5.92 Å². The Morgan fingerprint density at radius 1 is 1.25 bits per heavy atom. The number of hydrogen-bond acceptors (Lipinski definition) is 6. The lowest BCUT2D eigenvalue weighted by molar-refractivity contribution is 0.196. The van der Waals surface area contributed by atoms with Crippen LogP contribution in [0.4, 0.5) is 4.79 Å². The molecule has 0 bridgehead atoms. The molecular formula is C20H23N5O3. The first-order valence-corrected chi connectivity index (χ1v) is 9.43. The number of H-pyrrole nitrogens is 1. The second-order valence-electron chi connectivity index (χ2n) is 7.24. The Hall–Kier alpha value is -3.13. The standard InChI is InChI=1S/C20H23N5O3/c21-14-5-1-12(2-6-14)10-22-20(27)28-18-9-17(13-3-7-15(26)8-4-13)24-19-16(18)11-23-25-19/h3-4,7-9,11-12,14,26H,1-2,5-6,10,21H2,(H,22,27)(H,23,24,25)/t12-,14+. The highest BCUT2D eigenvalue weighted by molar-refractivity contribution is 5.87. The second kappa shape index (κ2) is 7.85. The number of nitrogens with one attached hydrogen (secondary N) is 2. The van der Waals surface area contributed by atoms with Gasteiger partial charge in [-0.3, -0.25) is 5.10 Å². The second-order valence-corrected chi connectivity index (χ2v) is 7.24. The van der Waals surface area contributed by atoms with Gasteiger partial charge in [0.2, 0.25) is 0 Å². The minimum Gasteiger partial charge on any atom is -0.508 e. The summed E-state index contributed by atoms with van der Waals surface area (Å²) < 4.78 is 5.56. The van der Waals surface area contributed by atoms with Gasteiger partial charge in [0.25, 0.3) is 0 Å². The fourth-order valence-electron chi connectivity index (χ4n) is 3.52. The number of nitrogens with zero attached hydrogens (tertiary/aromatic N) is 2. The SMILES string of the molecule is N[C@H]1CC[C@@H](CNC(=O)Oc2cc(-c3ccc(O)cc3)nc3[nH]ncc23)CC1. The molecule has 4 rings (SSSR count). The third-order valence-corrected chi connectivity index (χ3v) is 5.18. The molecule has 0 unspecified atom stereocenters. The van der Waals surface area contributed by atoms with Gasteiger partial charge in [0, 0.05) is 24.2 Å². The number of fused-ring (bicyclic) bond motifs is 1. The molecule has 1 aliphatic rings. The predicted octanol–water partition coefficient (Wildman–Crippen LogP) is 2.94. The Balaban J connectivity index is 1.48. The summed E-state index contributed by atoms with van der Waals surface area (Å²) in [6.07, 6.45) is 5.12. The molecule has 0 spiro atoms. The molecule has 1 fully saturated rings.